The summed E-state index contributed by atoms with van der Waals surface area (Å²) in [5, 5.41) is 11.6. The van der Waals surface area contributed by atoms with Gasteiger partial charge in [0.1, 0.15) is 0 Å². The van der Waals surface area contributed by atoms with Crippen LogP contribution in [-0.4, -0.2) is 55.5 Å². The van der Waals surface area contributed by atoms with Crippen LogP contribution in [0, 0.1) is 0 Å². The number of aliphatic hydroxyl groups is 1. The molecule has 4 rings (SSSR count). The van der Waals surface area contributed by atoms with Gasteiger partial charge in [-0.3, -0.25) is 4.90 Å². The highest BCUT2D eigenvalue weighted by atomic mass is 32.2. The van der Waals surface area contributed by atoms with Gasteiger partial charge in [-0.2, -0.15) is 4.31 Å². The number of piperazine rings is 1. The van der Waals surface area contributed by atoms with Crippen molar-refractivity contribution in [1.29, 1.82) is 0 Å². The molecule has 0 saturated carbocycles. The topological polar surface area (TPSA) is 60.9 Å². The molecule has 1 heterocycles. The number of aliphatic hydroxyl groups excluding tert-OH is 1. The molecule has 146 valence electrons. The second kappa shape index (κ2) is 8.01. The normalized spacial score (nSPS) is 17.6. The zero-order chi connectivity index (χ0) is 19.6. The summed E-state index contributed by atoms with van der Waals surface area (Å²) in [5.41, 5.74) is 1.05. The molecule has 0 aliphatic carbocycles. The molecule has 1 saturated heterocycles. The number of sulfonamides is 1. The molecular formula is C22H24N2O3S. The van der Waals surface area contributed by atoms with Gasteiger partial charge < -0.3 is 5.11 Å². The van der Waals surface area contributed by atoms with Gasteiger partial charge in [-0.15, -0.1) is 0 Å². The Balaban J connectivity index is 1.54. The molecule has 1 aliphatic rings. The molecule has 0 amide bonds. The zero-order valence-corrected chi connectivity index (χ0v) is 16.4. The molecular weight excluding hydrogens is 372 g/mol. The number of hydrogen-bond acceptors (Lipinski definition) is 4. The molecule has 0 bridgehead atoms. The third-order valence-corrected chi connectivity index (χ3v) is 7.40. The summed E-state index contributed by atoms with van der Waals surface area (Å²) in [6, 6.07) is 22.7. The van der Waals surface area contributed by atoms with Gasteiger partial charge in [0.05, 0.1) is 17.5 Å². The van der Waals surface area contributed by atoms with E-state index in [1.54, 1.807) is 16.4 Å². The highest BCUT2D eigenvalue weighted by Gasteiger charge is 2.32. The molecule has 1 atom stereocenters. The molecule has 3 aromatic carbocycles. The maximum atomic E-state index is 13.3. The van der Waals surface area contributed by atoms with E-state index in [4.69, 9.17) is 0 Å². The molecule has 1 N–H and O–H groups in total. The first kappa shape index (κ1) is 19.1. The van der Waals surface area contributed by atoms with Crippen LogP contribution in [0.4, 0.5) is 0 Å². The van der Waals surface area contributed by atoms with Crippen LogP contribution >= 0.6 is 0 Å². The smallest absolute Gasteiger partial charge is 0.243 e. The van der Waals surface area contributed by atoms with Crippen molar-refractivity contribution in [3.8, 4) is 0 Å². The molecule has 1 fully saturated rings. The second-order valence-corrected chi connectivity index (χ2v) is 8.93. The summed E-state index contributed by atoms with van der Waals surface area (Å²) in [5.74, 6) is 0. The van der Waals surface area contributed by atoms with E-state index >= 15 is 0 Å². The Morgan fingerprint density at radius 1 is 0.821 bits per heavy atom. The van der Waals surface area contributed by atoms with Crippen LogP contribution in [0.1, 0.15) is 11.6 Å². The summed E-state index contributed by atoms with van der Waals surface area (Å²) in [6.45, 7) is 2.01. The molecule has 3 aromatic rings. The number of rotatable bonds is 5. The van der Waals surface area contributed by atoms with Crippen LogP contribution in [0.25, 0.3) is 10.8 Å². The fourth-order valence-corrected chi connectivity index (χ4v) is 5.56. The van der Waals surface area contributed by atoms with Crippen LogP contribution in [0.5, 0.6) is 0 Å². The largest absolute Gasteiger partial charge is 0.394 e. The Labute approximate surface area is 165 Å². The van der Waals surface area contributed by atoms with Crippen molar-refractivity contribution in [2.24, 2.45) is 0 Å². The molecule has 6 heteroatoms. The molecule has 5 nitrogen and oxygen atoms in total. The van der Waals surface area contributed by atoms with Crippen LogP contribution < -0.4 is 0 Å². The van der Waals surface area contributed by atoms with Crippen molar-refractivity contribution in [2.75, 3.05) is 32.8 Å². The lowest BCUT2D eigenvalue weighted by Gasteiger charge is -2.38. The van der Waals surface area contributed by atoms with Gasteiger partial charge in [0.2, 0.25) is 10.0 Å². The summed E-state index contributed by atoms with van der Waals surface area (Å²) >= 11 is 0. The Morgan fingerprint density at radius 2 is 1.46 bits per heavy atom. The number of hydrogen-bond donors (Lipinski definition) is 1. The van der Waals surface area contributed by atoms with Gasteiger partial charge in [-0.05, 0) is 17.0 Å². The molecule has 0 unspecified atom stereocenters. The van der Waals surface area contributed by atoms with Gasteiger partial charge >= 0.3 is 0 Å². The number of fused-ring (bicyclic) bond motifs is 1. The Morgan fingerprint density at radius 3 is 2.18 bits per heavy atom. The van der Waals surface area contributed by atoms with E-state index in [1.165, 1.54) is 0 Å². The van der Waals surface area contributed by atoms with E-state index < -0.39 is 10.0 Å². The third-order valence-electron chi connectivity index (χ3n) is 5.44. The monoisotopic (exact) mass is 396 g/mol. The lowest BCUT2D eigenvalue weighted by molar-refractivity contribution is 0.0903. The van der Waals surface area contributed by atoms with Gasteiger partial charge in [-0.1, -0.05) is 66.7 Å². The van der Waals surface area contributed by atoms with Gasteiger partial charge in [0, 0.05) is 31.6 Å². The standard InChI is InChI=1S/C22H24N2O3S/c25-17-21(19-8-2-1-3-9-19)23-13-15-24(16-14-23)28(26,27)22-12-6-10-18-7-4-5-11-20(18)22/h1-12,21,25H,13-17H2/t21-/m0/s1. The SMILES string of the molecule is O=S(=O)(c1cccc2ccccc12)N1CCN([C@@H](CO)c2ccccc2)CC1. The first-order chi connectivity index (χ1) is 13.6. The number of benzene rings is 3. The third kappa shape index (κ3) is 3.56. The predicted molar refractivity (Wildman–Crippen MR) is 111 cm³/mol. The first-order valence-electron chi connectivity index (χ1n) is 9.49. The average molecular weight is 397 g/mol. The van der Waals surface area contributed by atoms with Gasteiger partial charge in [0.25, 0.3) is 0 Å². The van der Waals surface area contributed by atoms with E-state index in [2.05, 4.69) is 4.90 Å². The van der Waals surface area contributed by atoms with Crippen molar-refractivity contribution >= 4 is 20.8 Å². The average Bonchev–Trinajstić information content (AvgIpc) is 2.75. The summed E-state index contributed by atoms with van der Waals surface area (Å²) in [4.78, 5) is 2.52. The summed E-state index contributed by atoms with van der Waals surface area (Å²) in [7, 11) is -3.56. The zero-order valence-electron chi connectivity index (χ0n) is 15.6. The van der Waals surface area contributed by atoms with Crippen molar-refractivity contribution in [1.82, 2.24) is 9.21 Å². The molecule has 1 aliphatic heterocycles. The van der Waals surface area contributed by atoms with Crippen LogP contribution in [0.15, 0.2) is 77.7 Å². The fourth-order valence-electron chi connectivity index (χ4n) is 3.92. The van der Waals surface area contributed by atoms with E-state index in [0.717, 1.165) is 16.3 Å². The van der Waals surface area contributed by atoms with E-state index in [0.29, 0.717) is 31.1 Å². The number of nitrogens with zero attached hydrogens (tertiary/aromatic N) is 2. The first-order valence-corrected chi connectivity index (χ1v) is 10.9. The Kier molecular flexibility index (Phi) is 5.46. The van der Waals surface area contributed by atoms with E-state index in [9.17, 15) is 13.5 Å². The minimum Gasteiger partial charge on any atom is -0.394 e. The van der Waals surface area contributed by atoms with Crippen molar-refractivity contribution in [2.45, 2.75) is 10.9 Å². The van der Waals surface area contributed by atoms with Gasteiger partial charge in [-0.25, -0.2) is 8.42 Å². The molecule has 0 aromatic heterocycles. The van der Waals surface area contributed by atoms with Crippen molar-refractivity contribution < 1.29 is 13.5 Å². The van der Waals surface area contributed by atoms with E-state index in [1.807, 2.05) is 60.7 Å². The molecule has 28 heavy (non-hydrogen) atoms. The Bertz CT molecular complexity index is 1040. The second-order valence-electron chi connectivity index (χ2n) is 7.03. The van der Waals surface area contributed by atoms with Crippen LogP contribution in [0.2, 0.25) is 0 Å². The summed E-state index contributed by atoms with van der Waals surface area (Å²) in [6.07, 6.45) is 0. The quantitative estimate of drug-likeness (QED) is 0.720. The minimum absolute atomic E-state index is 0.0140. The molecule has 0 spiro atoms. The highest BCUT2D eigenvalue weighted by Crippen LogP contribution is 2.28. The minimum atomic E-state index is -3.56. The predicted octanol–water partition coefficient (Wildman–Crippen LogP) is 2.88. The van der Waals surface area contributed by atoms with Crippen molar-refractivity contribution in [3.63, 3.8) is 0 Å². The highest BCUT2D eigenvalue weighted by molar-refractivity contribution is 7.89. The van der Waals surface area contributed by atoms with Crippen LogP contribution in [-0.2, 0) is 10.0 Å². The lowest BCUT2D eigenvalue weighted by Crippen LogP contribution is -2.50. The lowest BCUT2D eigenvalue weighted by atomic mass is 10.1. The fraction of sp³-hybridized carbons (Fsp3) is 0.273. The maximum Gasteiger partial charge on any atom is 0.243 e. The Hall–Kier alpha value is -2.25. The van der Waals surface area contributed by atoms with Crippen LogP contribution in [0.3, 0.4) is 0 Å². The van der Waals surface area contributed by atoms with Gasteiger partial charge in [0.15, 0.2) is 0 Å². The summed E-state index contributed by atoms with van der Waals surface area (Å²) < 4.78 is 28.1. The van der Waals surface area contributed by atoms with Crippen molar-refractivity contribution in [3.05, 3.63) is 78.4 Å². The van der Waals surface area contributed by atoms with E-state index in [-0.39, 0.29) is 12.6 Å². The maximum absolute atomic E-state index is 13.3. The molecule has 0 radical (unpaired) electrons.